The van der Waals surface area contributed by atoms with E-state index in [0.717, 1.165) is 78.4 Å². The summed E-state index contributed by atoms with van der Waals surface area (Å²) in [6.45, 7) is 3.40. The van der Waals surface area contributed by atoms with Crippen molar-refractivity contribution < 1.29 is 19.4 Å². The van der Waals surface area contributed by atoms with Crippen molar-refractivity contribution in [1.82, 2.24) is 14.9 Å². The molecule has 1 saturated carbocycles. The molecule has 2 fully saturated rings. The summed E-state index contributed by atoms with van der Waals surface area (Å²) in [4.78, 5) is 26.8. The van der Waals surface area contributed by atoms with E-state index in [2.05, 4.69) is 41.3 Å². The second kappa shape index (κ2) is 13.9. The molecule has 5 rings (SSSR count). The molecule has 2 aromatic carbocycles. The zero-order valence-electron chi connectivity index (χ0n) is 24.4. The highest BCUT2D eigenvalue weighted by atomic mass is 32.2. The van der Waals surface area contributed by atoms with Gasteiger partial charge in [0.15, 0.2) is 0 Å². The van der Waals surface area contributed by atoms with Gasteiger partial charge in [0.05, 0.1) is 19.2 Å². The number of ether oxygens (including phenoxy) is 2. The standard InChI is InChI=1S/C32H42N4O4S/c1-39-18-17-36(28(32(37)38)14-19-41-3)21-22-8-11-27-26(20-22)31(34-30(33-27)24-9-10-24)35-15-12-23(13-16-35)25-6-4-5-7-29(25)40-2/h4-8,11,20,23-24,28H,9-10,12-19,21H2,1-3H3,(H,37,38)/t28-/m0/s1. The molecule has 0 amide bonds. The number of carboxylic acid groups (broad SMARTS) is 1. The fourth-order valence-corrected chi connectivity index (χ4v) is 6.39. The Balaban J connectivity index is 1.42. The van der Waals surface area contributed by atoms with E-state index in [-0.39, 0.29) is 0 Å². The summed E-state index contributed by atoms with van der Waals surface area (Å²) < 4.78 is 11.0. The number of aromatic nitrogens is 2. The maximum Gasteiger partial charge on any atom is 0.320 e. The van der Waals surface area contributed by atoms with Gasteiger partial charge < -0.3 is 19.5 Å². The van der Waals surface area contributed by atoms with E-state index in [9.17, 15) is 9.90 Å². The van der Waals surface area contributed by atoms with Gasteiger partial charge in [0.1, 0.15) is 23.4 Å². The molecule has 1 aliphatic carbocycles. The molecule has 1 N–H and O–H groups in total. The van der Waals surface area contributed by atoms with Crippen LogP contribution in [0.2, 0.25) is 0 Å². The van der Waals surface area contributed by atoms with Crippen LogP contribution in [0.4, 0.5) is 5.82 Å². The Morgan fingerprint density at radius 2 is 1.88 bits per heavy atom. The van der Waals surface area contributed by atoms with Crippen molar-refractivity contribution in [2.45, 2.75) is 56.5 Å². The Labute approximate surface area is 247 Å². The number of rotatable bonds is 14. The number of fused-ring (bicyclic) bond motifs is 1. The van der Waals surface area contributed by atoms with Gasteiger partial charge in [-0.05, 0) is 79.4 Å². The van der Waals surface area contributed by atoms with Crippen LogP contribution in [0, 0.1) is 0 Å². The van der Waals surface area contributed by atoms with E-state index in [1.807, 2.05) is 17.2 Å². The molecule has 0 bridgehead atoms. The van der Waals surface area contributed by atoms with Crippen molar-refractivity contribution in [3.05, 3.63) is 59.4 Å². The van der Waals surface area contributed by atoms with Gasteiger partial charge in [-0.15, -0.1) is 0 Å². The number of methoxy groups -OCH3 is 2. The number of hydrogen-bond donors (Lipinski definition) is 1. The van der Waals surface area contributed by atoms with Crippen LogP contribution in [0.5, 0.6) is 5.75 Å². The summed E-state index contributed by atoms with van der Waals surface area (Å²) in [5, 5.41) is 11.1. The summed E-state index contributed by atoms with van der Waals surface area (Å²) in [6, 6.07) is 14.2. The van der Waals surface area contributed by atoms with Crippen molar-refractivity contribution >= 4 is 34.5 Å². The van der Waals surface area contributed by atoms with Crippen molar-refractivity contribution in [2.75, 3.05) is 57.4 Å². The molecule has 3 aromatic rings. The maximum absolute atomic E-state index is 12.2. The molecule has 41 heavy (non-hydrogen) atoms. The smallest absolute Gasteiger partial charge is 0.320 e. The molecule has 0 unspecified atom stereocenters. The third-order valence-electron chi connectivity index (χ3n) is 8.36. The second-order valence-corrected chi connectivity index (χ2v) is 12.1. The first kappa shape index (κ1) is 29.6. The Bertz CT molecular complexity index is 1330. The molecule has 8 nitrogen and oxygen atoms in total. The van der Waals surface area contributed by atoms with Crippen molar-refractivity contribution in [3.8, 4) is 5.75 Å². The molecule has 0 spiro atoms. The molecule has 220 valence electrons. The predicted molar refractivity (Wildman–Crippen MR) is 165 cm³/mol. The molecular weight excluding hydrogens is 536 g/mol. The number of hydrogen-bond acceptors (Lipinski definition) is 8. The van der Waals surface area contributed by atoms with Crippen LogP contribution in [-0.4, -0.2) is 84.5 Å². The van der Waals surface area contributed by atoms with Crippen LogP contribution in [-0.2, 0) is 16.1 Å². The molecule has 2 heterocycles. The third-order valence-corrected chi connectivity index (χ3v) is 9.01. The highest BCUT2D eigenvalue weighted by Crippen LogP contribution is 2.41. The minimum atomic E-state index is -0.785. The molecule has 1 atom stereocenters. The summed E-state index contributed by atoms with van der Waals surface area (Å²) in [5.41, 5.74) is 3.32. The van der Waals surface area contributed by atoms with Crippen molar-refractivity contribution in [2.24, 2.45) is 0 Å². The van der Waals surface area contributed by atoms with E-state index in [4.69, 9.17) is 19.4 Å². The molecule has 1 aromatic heterocycles. The van der Waals surface area contributed by atoms with Crippen LogP contribution < -0.4 is 9.64 Å². The first-order chi connectivity index (χ1) is 20.0. The van der Waals surface area contributed by atoms with Crippen LogP contribution in [0.25, 0.3) is 10.9 Å². The van der Waals surface area contributed by atoms with Gasteiger partial charge in [0.2, 0.25) is 0 Å². The van der Waals surface area contributed by atoms with Gasteiger partial charge in [-0.25, -0.2) is 9.97 Å². The highest BCUT2D eigenvalue weighted by molar-refractivity contribution is 7.98. The zero-order chi connectivity index (χ0) is 28.8. The SMILES string of the molecule is COCCN(Cc1ccc2nc(C3CC3)nc(N3CCC(c4ccccc4OC)CC3)c2c1)[C@@H](CCSC)C(=O)O. The van der Waals surface area contributed by atoms with Crippen LogP contribution in [0.3, 0.4) is 0 Å². The topological polar surface area (TPSA) is 88.0 Å². The first-order valence-electron chi connectivity index (χ1n) is 14.7. The lowest BCUT2D eigenvalue weighted by atomic mass is 9.88. The number of anilines is 1. The largest absolute Gasteiger partial charge is 0.496 e. The normalized spacial score (nSPS) is 16.8. The lowest BCUT2D eigenvalue weighted by Gasteiger charge is -2.34. The summed E-state index contributed by atoms with van der Waals surface area (Å²) in [6.07, 6.45) is 6.97. The highest BCUT2D eigenvalue weighted by Gasteiger charge is 2.31. The lowest BCUT2D eigenvalue weighted by Crippen LogP contribution is -2.42. The van der Waals surface area contributed by atoms with E-state index < -0.39 is 12.0 Å². The number of carboxylic acids is 1. The fourth-order valence-electron chi connectivity index (χ4n) is 5.93. The summed E-state index contributed by atoms with van der Waals surface area (Å²) >= 11 is 1.67. The quantitative estimate of drug-likeness (QED) is 0.264. The van der Waals surface area contributed by atoms with Gasteiger partial charge in [0, 0.05) is 44.6 Å². The monoisotopic (exact) mass is 578 g/mol. The number of aliphatic carboxylic acids is 1. The third kappa shape index (κ3) is 7.13. The van der Waals surface area contributed by atoms with Gasteiger partial charge in [-0.3, -0.25) is 9.69 Å². The van der Waals surface area contributed by atoms with E-state index in [1.165, 1.54) is 5.56 Å². The molecule has 1 aliphatic heterocycles. The van der Waals surface area contributed by atoms with Gasteiger partial charge in [-0.2, -0.15) is 11.8 Å². The first-order valence-corrected chi connectivity index (χ1v) is 16.0. The molecule has 1 saturated heterocycles. The Hall–Kier alpha value is -2.88. The number of benzene rings is 2. The van der Waals surface area contributed by atoms with Gasteiger partial charge in [0.25, 0.3) is 0 Å². The van der Waals surface area contributed by atoms with Crippen LogP contribution in [0.15, 0.2) is 42.5 Å². The van der Waals surface area contributed by atoms with Crippen LogP contribution >= 0.6 is 11.8 Å². The van der Waals surface area contributed by atoms with Crippen molar-refractivity contribution in [3.63, 3.8) is 0 Å². The predicted octanol–water partition coefficient (Wildman–Crippen LogP) is 5.55. The number of para-hydroxylation sites is 1. The van der Waals surface area contributed by atoms with E-state index >= 15 is 0 Å². The number of carbonyl (C=O) groups is 1. The Morgan fingerprint density at radius 3 is 2.56 bits per heavy atom. The molecule has 9 heteroatoms. The van der Waals surface area contributed by atoms with E-state index in [0.29, 0.717) is 38.0 Å². The fraction of sp³-hybridized carbons (Fsp3) is 0.531. The molecular formula is C32H42N4O4S. The zero-order valence-corrected chi connectivity index (χ0v) is 25.2. The van der Waals surface area contributed by atoms with Gasteiger partial charge in [-0.1, -0.05) is 24.3 Å². The average molecular weight is 579 g/mol. The minimum absolute atomic E-state index is 0.456. The van der Waals surface area contributed by atoms with Crippen molar-refractivity contribution in [1.29, 1.82) is 0 Å². The maximum atomic E-state index is 12.2. The number of thioether (sulfide) groups is 1. The summed E-state index contributed by atoms with van der Waals surface area (Å²) in [5.74, 6) is 3.86. The molecule has 0 radical (unpaired) electrons. The Morgan fingerprint density at radius 1 is 1.10 bits per heavy atom. The number of piperidine rings is 1. The molecule has 2 aliphatic rings. The summed E-state index contributed by atoms with van der Waals surface area (Å²) in [7, 11) is 3.40. The van der Waals surface area contributed by atoms with Gasteiger partial charge >= 0.3 is 5.97 Å². The van der Waals surface area contributed by atoms with E-state index in [1.54, 1.807) is 26.0 Å². The number of nitrogens with zero attached hydrogens (tertiary/aromatic N) is 4. The second-order valence-electron chi connectivity index (χ2n) is 11.1. The van der Waals surface area contributed by atoms with Crippen LogP contribution in [0.1, 0.15) is 60.9 Å². The lowest BCUT2D eigenvalue weighted by molar-refractivity contribution is -0.143. The Kier molecular flexibility index (Phi) is 10.0. The average Bonchev–Trinajstić information content (AvgIpc) is 3.85. The minimum Gasteiger partial charge on any atom is -0.496 e.